The van der Waals surface area contributed by atoms with Gasteiger partial charge < -0.3 is 0 Å². The molecule has 0 saturated carbocycles. The minimum Gasteiger partial charge on any atom is -0.268 e. The second-order valence-corrected chi connectivity index (χ2v) is 6.28. The summed E-state index contributed by atoms with van der Waals surface area (Å²) in [4.78, 5) is 26.6. The summed E-state index contributed by atoms with van der Waals surface area (Å²) in [5.41, 5.74) is 2.71. The summed E-state index contributed by atoms with van der Waals surface area (Å²) >= 11 is 0.978. The highest BCUT2D eigenvalue weighted by molar-refractivity contribution is 8.18. The maximum absolute atomic E-state index is 12.6. The molecule has 2 amide bonds. The first-order valence-electron chi connectivity index (χ1n) is 7.78. The van der Waals surface area contributed by atoms with Crippen LogP contribution in [-0.4, -0.2) is 11.1 Å². The second-order valence-electron chi connectivity index (χ2n) is 5.29. The number of nitrogens with zero attached hydrogens (tertiary/aromatic N) is 1. The van der Waals surface area contributed by atoms with Gasteiger partial charge in [-0.2, -0.15) is 0 Å². The van der Waals surface area contributed by atoms with Crippen molar-refractivity contribution in [3.8, 4) is 0 Å². The van der Waals surface area contributed by atoms with Crippen LogP contribution in [0.25, 0.3) is 6.08 Å². The molecule has 0 unspecified atom stereocenters. The molecule has 0 atom stereocenters. The van der Waals surface area contributed by atoms with Crippen LogP contribution in [-0.2, 0) is 11.2 Å². The summed E-state index contributed by atoms with van der Waals surface area (Å²) in [5.74, 6) is -0.261. The van der Waals surface area contributed by atoms with E-state index in [1.54, 1.807) is 12.2 Å². The van der Waals surface area contributed by atoms with Gasteiger partial charge in [-0.05, 0) is 41.5 Å². The third kappa shape index (κ3) is 3.34. The quantitative estimate of drug-likeness (QED) is 0.734. The lowest BCUT2D eigenvalue weighted by molar-refractivity contribution is -0.113. The molecular weight excluding hydrogens is 318 g/mol. The highest BCUT2D eigenvalue weighted by atomic mass is 32.2. The average Bonchev–Trinajstić information content (AvgIpc) is 2.89. The molecule has 0 spiro atoms. The van der Waals surface area contributed by atoms with Crippen molar-refractivity contribution >= 4 is 34.7 Å². The Labute approximate surface area is 145 Å². The van der Waals surface area contributed by atoms with Crippen LogP contribution in [0.1, 0.15) is 18.1 Å². The number of hydrogen-bond acceptors (Lipinski definition) is 3. The number of imide groups is 1. The normalized spacial score (nSPS) is 16.5. The van der Waals surface area contributed by atoms with E-state index in [4.69, 9.17) is 0 Å². The van der Waals surface area contributed by atoms with Crippen molar-refractivity contribution in [2.45, 2.75) is 13.3 Å². The van der Waals surface area contributed by atoms with Crippen LogP contribution < -0.4 is 4.90 Å². The molecule has 0 aromatic heterocycles. The molecule has 1 aliphatic rings. The van der Waals surface area contributed by atoms with Crippen molar-refractivity contribution in [2.75, 3.05) is 4.90 Å². The number of anilines is 1. The molecule has 0 aliphatic carbocycles. The minimum atomic E-state index is -0.261. The van der Waals surface area contributed by atoms with Gasteiger partial charge in [0.25, 0.3) is 11.1 Å². The number of rotatable bonds is 4. The van der Waals surface area contributed by atoms with Gasteiger partial charge in [-0.3, -0.25) is 9.59 Å². The molecule has 0 N–H and O–H groups in total. The Balaban J connectivity index is 1.84. The van der Waals surface area contributed by atoms with Crippen LogP contribution in [0.3, 0.4) is 0 Å². The Bertz CT molecular complexity index is 825. The van der Waals surface area contributed by atoms with E-state index in [1.165, 1.54) is 4.90 Å². The van der Waals surface area contributed by atoms with Crippen molar-refractivity contribution in [1.82, 2.24) is 0 Å². The molecule has 1 saturated heterocycles. The third-order valence-electron chi connectivity index (χ3n) is 3.74. The zero-order valence-corrected chi connectivity index (χ0v) is 14.1. The number of carbonyl (C=O) groups excluding carboxylic acids is 2. The molecule has 120 valence electrons. The van der Waals surface area contributed by atoms with E-state index < -0.39 is 0 Å². The molecule has 1 fully saturated rings. The highest BCUT2D eigenvalue weighted by Gasteiger charge is 2.36. The second kappa shape index (κ2) is 7.32. The Kier molecular flexibility index (Phi) is 4.96. The van der Waals surface area contributed by atoms with Gasteiger partial charge in [0.2, 0.25) is 0 Å². The topological polar surface area (TPSA) is 37.4 Å². The molecule has 24 heavy (non-hydrogen) atoms. The monoisotopic (exact) mass is 335 g/mol. The molecular formula is C20H17NO2S. The van der Waals surface area contributed by atoms with Gasteiger partial charge >= 0.3 is 0 Å². The van der Waals surface area contributed by atoms with Gasteiger partial charge in [0, 0.05) is 0 Å². The summed E-state index contributed by atoms with van der Waals surface area (Å²) < 4.78 is 0. The zero-order valence-electron chi connectivity index (χ0n) is 13.3. The van der Waals surface area contributed by atoms with Crippen molar-refractivity contribution in [3.05, 3.63) is 82.8 Å². The van der Waals surface area contributed by atoms with E-state index in [-0.39, 0.29) is 11.1 Å². The molecule has 0 radical (unpaired) electrons. The molecule has 2 aromatic rings. The number of thioether (sulfide) groups is 1. The smallest absolute Gasteiger partial charge is 0.268 e. The lowest BCUT2D eigenvalue weighted by atomic mass is 10.1. The lowest BCUT2D eigenvalue weighted by Gasteiger charge is -2.16. The Morgan fingerprint density at radius 1 is 1.00 bits per heavy atom. The molecule has 3 nitrogen and oxygen atoms in total. The number of allylic oxidation sites excluding steroid dienone is 2. The van der Waals surface area contributed by atoms with E-state index in [1.807, 2.05) is 67.6 Å². The van der Waals surface area contributed by atoms with Crippen LogP contribution in [0.4, 0.5) is 10.5 Å². The maximum atomic E-state index is 12.6. The minimum absolute atomic E-state index is 0.250. The Hall–Kier alpha value is -2.59. The predicted octanol–water partition coefficient (Wildman–Crippen LogP) is 5.05. The van der Waals surface area contributed by atoms with Crippen LogP contribution in [0, 0.1) is 0 Å². The van der Waals surface area contributed by atoms with E-state index in [9.17, 15) is 9.59 Å². The summed E-state index contributed by atoms with van der Waals surface area (Å²) in [5, 5.41) is -0.250. The number of benzene rings is 2. The van der Waals surface area contributed by atoms with Gasteiger partial charge in [-0.1, -0.05) is 67.6 Å². The summed E-state index contributed by atoms with van der Waals surface area (Å²) in [6, 6.07) is 17.3. The average molecular weight is 335 g/mol. The fraction of sp³-hybridized carbons (Fsp3) is 0.100. The van der Waals surface area contributed by atoms with Crippen LogP contribution >= 0.6 is 11.8 Å². The molecule has 1 heterocycles. The van der Waals surface area contributed by atoms with E-state index in [2.05, 4.69) is 0 Å². The molecule has 2 aromatic carbocycles. The van der Waals surface area contributed by atoms with Crippen molar-refractivity contribution in [3.63, 3.8) is 0 Å². The first kappa shape index (κ1) is 16.3. The van der Waals surface area contributed by atoms with E-state index >= 15 is 0 Å². The van der Waals surface area contributed by atoms with E-state index in [0.29, 0.717) is 10.6 Å². The van der Waals surface area contributed by atoms with Crippen molar-refractivity contribution in [2.24, 2.45) is 0 Å². The van der Waals surface area contributed by atoms with Crippen molar-refractivity contribution < 1.29 is 9.59 Å². The first-order valence-corrected chi connectivity index (χ1v) is 8.60. The van der Waals surface area contributed by atoms with Gasteiger partial charge in [0.1, 0.15) is 0 Å². The zero-order chi connectivity index (χ0) is 16.9. The number of hydrogen-bond donors (Lipinski definition) is 0. The van der Waals surface area contributed by atoms with Crippen LogP contribution in [0.5, 0.6) is 0 Å². The fourth-order valence-electron chi connectivity index (χ4n) is 2.53. The Morgan fingerprint density at radius 3 is 2.46 bits per heavy atom. The van der Waals surface area contributed by atoms with Gasteiger partial charge in [0.15, 0.2) is 0 Å². The molecule has 3 rings (SSSR count). The molecule has 4 heteroatoms. The third-order valence-corrected chi connectivity index (χ3v) is 4.63. The summed E-state index contributed by atoms with van der Waals surface area (Å²) in [7, 11) is 0. The van der Waals surface area contributed by atoms with Crippen LogP contribution in [0.15, 0.2) is 71.7 Å². The lowest BCUT2D eigenvalue weighted by Crippen LogP contribution is -2.28. The standard InChI is InChI=1S/C20H17NO2S/c1-2-16-12-6-7-13-17(16)21-19(22)18(24-20(21)23)14-8-11-15-9-4-3-5-10-15/h3-14H,2H2,1H3/b11-8+,18-14-. The molecule has 0 bridgehead atoms. The summed E-state index contributed by atoms with van der Waals surface area (Å²) in [6.07, 6.45) is 6.18. The molecule has 1 aliphatic heterocycles. The van der Waals surface area contributed by atoms with E-state index in [0.717, 1.165) is 29.3 Å². The highest BCUT2D eigenvalue weighted by Crippen LogP contribution is 2.36. The number of para-hydroxylation sites is 1. The number of carbonyl (C=O) groups is 2. The Morgan fingerprint density at radius 2 is 1.71 bits per heavy atom. The summed E-state index contributed by atoms with van der Waals surface area (Å²) in [6.45, 7) is 2.01. The van der Waals surface area contributed by atoms with Gasteiger partial charge in [0.05, 0.1) is 10.6 Å². The maximum Gasteiger partial charge on any atom is 0.298 e. The number of aryl methyl sites for hydroxylation is 1. The van der Waals surface area contributed by atoms with Gasteiger partial charge in [-0.15, -0.1) is 0 Å². The first-order chi connectivity index (χ1) is 11.7. The largest absolute Gasteiger partial charge is 0.298 e. The van der Waals surface area contributed by atoms with Crippen molar-refractivity contribution in [1.29, 1.82) is 0 Å². The van der Waals surface area contributed by atoms with Gasteiger partial charge in [-0.25, -0.2) is 4.90 Å². The van der Waals surface area contributed by atoms with Crippen LogP contribution in [0.2, 0.25) is 0 Å². The predicted molar refractivity (Wildman–Crippen MR) is 99.9 cm³/mol. The SMILES string of the molecule is CCc1ccccc1N1C(=O)S/C(=C\C=C\c2ccccc2)C1=O. The fourth-order valence-corrected chi connectivity index (χ4v) is 3.31. The number of amides is 2.